The van der Waals surface area contributed by atoms with E-state index in [4.69, 9.17) is 4.74 Å². The van der Waals surface area contributed by atoms with Gasteiger partial charge in [0, 0.05) is 38.9 Å². The quantitative estimate of drug-likeness (QED) is 0.491. The van der Waals surface area contributed by atoms with E-state index >= 15 is 0 Å². The normalized spacial score (nSPS) is 15.6. The van der Waals surface area contributed by atoms with Crippen LogP contribution in [0.2, 0.25) is 0 Å². The van der Waals surface area contributed by atoms with E-state index in [9.17, 15) is 24.3 Å². The van der Waals surface area contributed by atoms with Gasteiger partial charge >= 0.3 is 11.7 Å². The van der Waals surface area contributed by atoms with Crippen molar-refractivity contribution >= 4 is 11.9 Å². The molecule has 2 N–H and O–H groups in total. The Bertz CT molecular complexity index is 1210. The third-order valence-corrected chi connectivity index (χ3v) is 7.43. The maximum atomic E-state index is 13.1. The van der Waals surface area contributed by atoms with Crippen LogP contribution in [0.25, 0.3) is 11.1 Å². The van der Waals surface area contributed by atoms with E-state index in [0.29, 0.717) is 36.4 Å². The van der Waals surface area contributed by atoms with Crippen molar-refractivity contribution in [2.45, 2.75) is 78.4 Å². The first-order valence-corrected chi connectivity index (χ1v) is 12.6. The number of nitrogens with zero attached hydrogens (tertiary/aromatic N) is 2. The Morgan fingerprint density at radius 2 is 1.69 bits per heavy atom. The number of hydrogen-bond donors (Lipinski definition) is 2. The molecule has 1 aromatic heterocycles. The Labute approximate surface area is 211 Å². The summed E-state index contributed by atoms with van der Waals surface area (Å²) in [6.45, 7) is 6.55. The van der Waals surface area contributed by atoms with Gasteiger partial charge in [0.25, 0.3) is 5.56 Å². The maximum absolute atomic E-state index is 13.1. The first-order valence-electron chi connectivity index (χ1n) is 12.6. The van der Waals surface area contributed by atoms with Gasteiger partial charge in [-0.25, -0.2) is 9.59 Å². The van der Waals surface area contributed by atoms with Crippen LogP contribution in [0.4, 0.5) is 0 Å². The number of carbonyl (C=O) groups excluding carboxylic acids is 1. The van der Waals surface area contributed by atoms with E-state index in [-0.39, 0.29) is 30.1 Å². The van der Waals surface area contributed by atoms with Crippen molar-refractivity contribution in [3.05, 3.63) is 56.4 Å². The molecule has 0 bridgehead atoms. The number of ether oxygens (including phenoxy) is 1. The van der Waals surface area contributed by atoms with Gasteiger partial charge in [-0.05, 0) is 51.2 Å². The Morgan fingerprint density at radius 1 is 1.08 bits per heavy atom. The van der Waals surface area contributed by atoms with Gasteiger partial charge in [0.2, 0.25) is 5.91 Å². The molecule has 3 rings (SSSR count). The fraction of sp³-hybridized carbons (Fsp3) is 0.556. The molecular weight excluding hydrogens is 462 g/mol. The third kappa shape index (κ3) is 5.46. The van der Waals surface area contributed by atoms with Crippen LogP contribution >= 0.6 is 0 Å². The zero-order valence-electron chi connectivity index (χ0n) is 21.6. The number of carbonyl (C=O) groups is 2. The van der Waals surface area contributed by atoms with Crippen molar-refractivity contribution in [1.29, 1.82) is 0 Å². The lowest BCUT2D eigenvalue weighted by Crippen LogP contribution is -2.49. The molecule has 0 unspecified atom stereocenters. The van der Waals surface area contributed by atoms with Gasteiger partial charge < -0.3 is 15.2 Å². The summed E-state index contributed by atoms with van der Waals surface area (Å²) in [6, 6.07) is 6.00. The molecule has 9 heteroatoms. The number of hydrogen-bond acceptors (Lipinski definition) is 5. The van der Waals surface area contributed by atoms with Crippen molar-refractivity contribution in [2.75, 3.05) is 13.7 Å². The van der Waals surface area contributed by atoms with Crippen LogP contribution in [-0.4, -0.2) is 45.9 Å². The van der Waals surface area contributed by atoms with E-state index in [2.05, 4.69) is 5.32 Å². The van der Waals surface area contributed by atoms with E-state index in [1.54, 1.807) is 49.8 Å². The number of carboxylic acids is 1. The fourth-order valence-corrected chi connectivity index (χ4v) is 5.28. The summed E-state index contributed by atoms with van der Waals surface area (Å²) in [4.78, 5) is 50.8. The SMILES string of the molecule is CCn1c(C)c(-c2ccc(C[C@H](NC(=O)C3(CCOC)CCCC3)C(=O)O)cc2)c(=O)n(CC)c1=O. The zero-order valence-corrected chi connectivity index (χ0v) is 21.6. The molecule has 0 saturated heterocycles. The molecule has 2 aromatic rings. The molecule has 0 spiro atoms. The molecule has 1 heterocycles. The highest BCUT2D eigenvalue weighted by atomic mass is 16.5. The summed E-state index contributed by atoms with van der Waals surface area (Å²) >= 11 is 0. The number of amides is 1. The van der Waals surface area contributed by atoms with E-state index in [1.165, 1.54) is 4.57 Å². The number of nitrogens with one attached hydrogen (secondary N) is 1. The number of methoxy groups -OCH3 is 1. The molecule has 36 heavy (non-hydrogen) atoms. The molecule has 9 nitrogen and oxygen atoms in total. The van der Waals surface area contributed by atoms with Crippen molar-refractivity contribution in [3.63, 3.8) is 0 Å². The predicted molar refractivity (Wildman–Crippen MR) is 137 cm³/mol. The molecule has 1 aliphatic carbocycles. The molecule has 1 fully saturated rings. The number of aliphatic carboxylic acids is 1. The highest BCUT2D eigenvalue weighted by molar-refractivity contribution is 5.87. The van der Waals surface area contributed by atoms with Gasteiger partial charge in [-0.1, -0.05) is 37.1 Å². The van der Waals surface area contributed by atoms with E-state index in [0.717, 1.165) is 31.2 Å². The van der Waals surface area contributed by atoms with E-state index < -0.39 is 17.4 Å². The number of carboxylic acid groups (broad SMARTS) is 1. The highest BCUT2D eigenvalue weighted by Crippen LogP contribution is 2.41. The predicted octanol–water partition coefficient (Wildman–Crippen LogP) is 2.73. The van der Waals surface area contributed by atoms with Crippen LogP contribution in [0.15, 0.2) is 33.9 Å². The largest absolute Gasteiger partial charge is 0.480 e. The minimum absolute atomic E-state index is 0.119. The van der Waals surface area contributed by atoms with Crippen LogP contribution < -0.4 is 16.6 Å². The van der Waals surface area contributed by atoms with Crippen molar-refractivity contribution in [3.8, 4) is 11.1 Å². The van der Waals surface area contributed by atoms with Crippen LogP contribution in [-0.2, 0) is 33.8 Å². The molecule has 1 atom stereocenters. The number of aromatic nitrogens is 2. The fourth-order valence-electron chi connectivity index (χ4n) is 5.28. The summed E-state index contributed by atoms with van der Waals surface area (Å²) < 4.78 is 7.98. The van der Waals surface area contributed by atoms with Crippen LogP contribution in [0, 0.1) is 12.3 Å². The summed E-state index contributed by atoms with van der Waals surface area (Å²) in [5, 5.41) is 12.6. The minimum atomic E-state index is -1.09. The number of benzene rings is 1. The first-order chi connectivity index (χ1) is 17.2. The molecule has 1 saturated carbocycles. The lowest BCUT2D eigenvalue weighted by molar-refractivity contribution is -0.144. The van der Waals surface area contributed by atoms with Gasteiger partial charge in [0.1, 0.15) is 6.04 Å². The molecule has 196 valence electrons. The average Bonchev–Trinajstić information content (AvgIpc) is 3.34. The second kappa shape index (κ2) is 11.7. The van der Waals surface area contributed by atoms with Gasteiger partial charge in [0.15, 0.2) is 0 Å². The highest BCUT2D eigenvalue weighted by Gasteiger charge is 2.42. The Morgan fingerprint density at radius 3 is 2.22 bits per heavy atom. The van der Waals surface area contributed by atoms with Gasteiger partial charge in [-0.15, -0.1) is 0 Å². The van der Waals surface area contributed by atoms with Crippen LogP contribution in [0.1, 0.15) is 57.2 Å². The maximum Gasteiger partial charge on any atom is 0.331 e. The molecule has 1 amide bonds. The monoisotopic (exact) mass is 499 g/mol. The smallest absolute Gasteiger partial charge is 0.331 e. The Kier molecular flexibility index (Phi) is 8.89. The lowest BCUT2D eigenvalue weighted by Gasteiger charge is -2.29. The van der Waals surface area contributed by atoms with Gasteiger partial charge in [-0.2, -0.15) is 0 Å². The Hall–Kier alpha value is -3.20. The molecule has 1 aromatic carbocycles. The van der Waals surface area contributed by atoms with Crippen LogP contribution in [0.5, 0.6) is 0 Å². The number of rotatable bonds is 11. The van der Waals surface area contributed by atoms with Crippen molar-refractivity contribution in [1.82, 2.24) is 14.5 Å². The molecule has 0 radical (unpaired) electrons. The second-order valence-corrected chi connectivity index (χ2v) is 9.53. The minimum Gasteiger partial charge on any atom is -0.480 e. The van der Waals surface area contributed by atoms with Gasteiger partial charge in [-0.3, -0.25) is 18.7 Å². The topological polar surface area (TPSA) is 120 Å². The second-order valence-electron chi connectivity index (χ2n) is 9.53. The third-order valence-electron chi connectivity index (χ3n) is 7.43. The zero-order chi connectivity index (χ0) is 26.5. The van der Waals surface area contributed by atoms with Crippen LogP contribution in [0.3, 0.4) is 0 Å². The standard InChI is InChI=1S/C27H37N3O6/c1-5-29-18(3)22(23(31)30(6-2)26(29)35)20-11-9-19(10-12-20)17-21(24(32)33)28-25(34)27(15-16-36-4)13-7-8-14-27/h9-12,21H,5-8,13-17H2,1-4H3,(H,28,34)(H,32,33)/t21-/m0/s1. The molecule has 1 aliphatic rings. The molecule has 0 aliphatic heterocycles. The molecular formula is C27H37N3O6. The lowest BCUT2D eigenvalue weighted by atomic mass is 9.81. The first kappa shape index (κ1) is 27.4. The summed E-state index contributed by atoms with van der Waals surface area (Å²) in [5.41, 5.74) is 1.19. The summed E-state index contributed by atoms with van der Waals surface area (Å²) in [7, 11) is 1.60. The van der Waals surface area contributed by atoms with Crippen molar-refractivity contribution in [2.24, 2.45) is 5.41 Å². The Balaban J connectivity index is 1.84. The van der Waals surface area contributed by atoms with Crippen molar-refractivity contribution < 1.29 is 19.4 Å². The average molecular weight is 500 g/mol. The summed E-state index contributed by atoms with van der Waals surface area (Å²) in [6.07, 6.45) is 4.05. The van der Waals surface area contributed by atoms with Gasteiger partial charge in [0.05, 0.1) is 11.0 Å². The van der Waals surface area contributed by atoms with E-state index in [1.807, 2.05) is 6.92 Å². The summed E-state index contributed by atoms with van der Waals surface area (Å²) in [5.74, 6) is -1.32.